The molecule has 1 aromatic carbocycles. The van der Waals surface area contributed by atoms with Crippen LogP contribution in [0.1, 0.15) is 18.1 Å². The first kappa shape index (κ1) is 12.9. The van der Waals surface area contributed by atoms with Crippen molar-refractivity contribution in [3.8, 4) is 6.07 Å². The quantitative estimate of drug-likeness (QED) is 0.458. The number of benzene rings is 1. The Kier molecular flexibility index (Phi) is 4.41. The molecule has 0 saturated carbocycles. The number of nitrogens with zero attached hydrogens (tertiary/aromatic N) is 1. The Balaban J connectivity index is 3.07. The third-order valence-electron chi connectivity index (χ3n) is 2.15. The number of esters is 1. The number of carbonyl (C=O) groups excluding carboxylic acids is 1. The highest BCUT2D eigenvalue weighted by molar-refractivity contribution is 5.98. The molecular weight excluding hydrogens is 221 g/mol. The second kappa shape index (κ2) is 5.80. The summed E-state index contributed by atoms with van der Waals surface area (Å²) in [6.07, 6.45) is 1.40. The zero-order valence-electron chi connectivity index (χ0n) is 9.66. The topological polar surface area (TPSA) is 50.1 Å². The van der Waals surface area contributed by atoms with E-state index in [1.807, 2.05) is 0 Å². The maximum absolute atomic E-state index is 12.9. The third kappa shape index (κ3) is 3.42. The SMILES string of the molecule is CCOC(=O)/C(C#N)=C/c1ccc(F)cc1C. The van der Waals surface area contributed by atoms with Crippen molar-refractivity contribution in [1.82, 2.24) is 0 Å². The van der Waals surface area contributed by atoms with E-state index in [1.54, 1.807) is 19.9 Å². The zero-order valence-corrected chi connectivity index (χ0v) is 9.66. The summed E-state index contributed by atoms with van der Waals surface area (Å²) in [5, 5.41) is 8.84. The number of ether oxygens (including phenoxy) is 1. The van der Waals surface area contributed by atoms with Gasteiger partial charge in [-0.25, -0.2) is 9.18 Å². The van der Waals surface area contributed by atoms with Crippen LogP contribution in [-0.2, 0) is 9.53 Å². The average molecular weight is 233 g/mol. The van der Waals surface area contributed by atoms with Crippen molar-refractivity contribution in [3.05, 3.63) is 40.7 Å². The Bertz CT molecular complexity index is 501. The molecular formula is C13H12FNO2. The zero-order chi connectivity index (χ0) is 12.8. The minimum Gasteiger partial charge on any atom is -0.462 e. The van der Waals surface area contributed by atoms with Crippen molar-refractivity contribution in [2.75, 3.05) is 6.61 Å². The second-order valence-electron chi connectivity index (χ2n) is 3.39. The molecule has 0 aromatic heterocycles. The fourth-order valence-electron chi connectivity index (χ4n) is 1.30. The van der Waals surface area contributed by atoms with Crippen molar-refractivity contribution in [2.45, 2.75) is 13.8 Å². The number of hydrogen-bond donors (Lipinski definition) is 0. The van der Waals surface area contributed by atoms with Crippen molar-refractivity contribution in [1.29, 1.82) is 5.26 Å². The van der Waals surface area contributed by atoms with Gasteiger partial charge in [0.1, 0.15) is 17.5 Å². The molecule has 0 aliphatic rings. The lowest BCUT2D eigenvalue weighted by Gasteiger charge is -2.02. The number of aryl methyl sites for hydroxylation is 1. The van der Waals surface area contributed by atoms with Crippen LogP contribution >= 0.6 is 0 Å². The molecule has 0 aliphatic heterocycles. The molecule has 0 bridgehead atoms. The van der Waals surface area contributed by atoms with Gasteiger partial charge in [-0.1, -0.05) is 6.07 Å². The number of rotatable bonds is 3. The maximum Gasteiger partial charge on any atom is 0.348 e. The van der Waals surface area contributed by atoms with E-state index in [4.69, 9.17) is 10.00 Å². The fraction of sp³-hybridized carbons (Fsp3) is 0.231. The maximum atomic E-state index is 12.9. The summed E-state index contributed by atoms with van der Waals surface area (Å²) in [6.45, 7) is 3.57. The highest BCUT2D eigenvalue weighted by Gasteiger charge is 2.10. The summed E-state index contributed by atoms with van der Waals surface area (Å²) in [5.74, 6) is -1.02. The molecule has 0 spiro atoms. The molecule has 4 heteroatoms. The lowest BCUT2D eigenvalue weighted by Crippen LogP contribution is -2.06. The monoisotopic (exact) mass is 233 g/mol. The molecule has 1 aromatic rings. The van der Waals surface area contributed by atoms with Crippen LogP contribution in [0.15, 0.2) is 23.8 Å². The summed E-state index contributed by atoms with van der Waals surface area (Å²) < 4.78 is 17.6. The molecule has 0 aliphatic carbocycles. The summed E-state index contributed by atoms with van der Waals surface area (Å²) in [6, 6.07) is 5.90. The van der Waals surface area contributed by atoms with E-state index in [0.717, 1.165) is 0 Å². The summed E-state index contributed by atoms with van der Waals surface area (Å²) in [5.41, 5.74) is 1.18. The standard InChI is InChI=1S/C13H12FNO2/c1-3-17-13(16)11(8-15)7-10-4-5-12(14)6-9(10)2/h4-7H,3H2,1-2H3/b11-7+. The van der Waals surface area contributed by atoms with Gasteiger partial charge in [0.25, 0.3) is 0 Å². The minimum atomic E-state index is -0.668. The molecule has 0 fully saturated rings. The Hall–Kier alpha value is -2.15. The van der Waals surface area contributed by atoms with Crippen LogP contribution in [0.2, 0.25) is 0 Å². The first-order valence-corrected chi connectivity index (χ1v) is 5.13. The summed E-state index contributed by atoms with van der Waals surface area (Å²) in [4.78, 5) is 11.4. The summed E-state index contributed by atoms with van der Waals surface area (Å²) >= 11 is 0. The van der Waals surface area contributed by atoms with Gasteiger partial charge in [-0.3, -0.25) is 0 Å². The largest absolute Gasteiger partial charge is 0.462 e. The lowest BCUT2D eigenvalue weighted by molar-refractivity contribution is -0.137. The fourth-order valence-corrected chi connectivity index (χ4v) is 1.30. The predicted molar refractivity (Wildman–Crippen MR) is 61.4 cm³/mol. The number of carbonyl (C=O) groups is 1. The molecule has 0 heterocycles. The van der Waals surface area contributed by atoms with Crippen LogP contribution in [0.25, 0.3) is 6.08 Å². The Labute approximate surface area is 99.1 Å². The van der Waals surface area contributed by atoms with E-state index < -0.39 is 5.97 Å². The van der Waals surface area contributed by atoms with Gasteiger partial charge in [-0.05, 0) is 43.2 Å². The first-order chi connectivity index (χ1) is 8.08. The lowest BCUT2D eigenvalue weighted by atomic mass is 10.1. The normalized spacial score (nSPS) is 10.8. The molecule has 0 radical (unpaired) electrons. The molecule has 0 saturated heterocycles. The van der Waals surface area contributed by atoms with Gasteiger partial charge in [0.2, 0.25) is 0 Å². The highest BCUT2D eigenvalue weighted by atomic mass is 19.1. The van der Waals surface area contributed by atoms with Crippen LogP contribution in [0.3, 0.4) is 0 Å². The van der Waals surface area contributed by atoms with E-state index in [-0.39, 0.29) is 18.0 Å². The van der Waals surface area contributed by atoms with E-state index in [1.165, 1.54) is 24.3 Å². The second-order valence-corrected chi connectivity index (χ2v) is 3.39. The van der Waals surface area contributed by atoms with E-state index >= 15 is 0 Å². The molecule has 0 N–H and O–H groups in total. The van der Waals surface area contributed by atoms with Crippen LogP contribution in [0, 0.1) is 24.1 Å². The van der Waals surface area contributed by atoms with Gasteiger partial charge in [0.15, 0.2) is 0 Å². The number of nitriles is 1. The van der Waals surface area contributed by atoms with E-state index in [0.29, 0.717) is 11.1 Å². The molecule has 0 atom stereocenters. The third-order valence-corrected chi connectivity index (χ3v) is 2.15. The Morgan fingerprint density at radius 3 is 2.82 bits per heavy atom. The molecule has 3 nitrogen and oxygen atoms in total. The summed E-state index contributed by atoms with van der Waals surface area (Å²) in [7, 11) is 0. The van der Waals surface area contributed by atoms with Gasteiger partial charge >= 0.3 is 5.97 Å². The Morgan fingerprint density at radius 2 is 2.29 bits per heavy atom. The smallest absolute Gasteiger partial charge is 0.348 e. The van der Waals surface area contributed by atoms with Crippen molar-refractivity contribution >= 4 is 12.0 Å². The molecule has 0 amide bonds. The molecule has 88 valence electrons. The molecule has 17 heavy (non-hydrogen) atoms. The van der Waals surface area contributed by atoms with Gasteiger partial charge in [-0.15, -0.1) is 0 Å². The van der Waals surface area contributed by atoms with Gasteiger partial charge in [0, 0.05) is 0 Å². The van der Waals surface area contributed by atoms with Crippen molar-refractivity contribution in [3.63, 3.8) is 0 Å². The van der Waals surface area contributed by atoms with Crippen LogP contribution < -0.4 is 0 Å². The predicted octanol–water partition coefficient (Wildman–Crippen LogP) is 2.60. The van der Waals surface area contributed by atoms with Crippen molar-refractivity contribution in [2.24, 2.45) is 0 Å². The van der Waals surface area contributed by atoms with Crippen molar-refractivity contribution < 1.29 is 13.9 Å². The van der Waals surface area contributed by atoms with E-state index in [9.17, 15) is 9.18 Å². The number of hydrogen-bond acceptors (Lipinski definition) is 3. The minimum absolute atomic E-state index is 0.0958. The van der Waals surface area contributed by atoms with Crippen LogP contribution in [-0.4, -0.2) is 12.6 Å². The average Bonchev–Trinajstić information content (AvgIpc) is 2.28. The highest BCUT2D eigenvalue weighted by Crippen LogP contribution is 2.14. The van der Waals surface area contributed by atoms with Gasteiger partial charge < -0.3 is 4.74 Å². The van der Waals surface area contributed by atoms with Crippen LogP contribution in [0.5, 0.6) is 0 Å². The van der Waals surface area contributed by atoms with Crippen LogP contribution in [0.4, 0.5) is 4.39 Å². The Morgan fingerprint density at radius 1 is 1.59 bits per heavy atom. The van der Waals surface area contributed by atoms with Gasteiger partial charge in [-0.2, -0.15) is 5.26 Å². The number of halogens is 1. The van der Waals surface area contributed by atoms with Gasteiger partial charge in [0.05, 0.1) is 6.61 Å². The van der Waals surface area contributed by atoms with E-state index in [2.05, 4.69) is 0 Å². The molecule has 0 unspecified atom stereocenters. The molecule has 1 rings (SSSR count). The first-order valence-electron chi connectivity index (χ1n) is 5.13.